The van der Waals surface area contributed by atoms with E-state index in [2.05, 4.69) is 5.32 Å². The van der Waals surface area contributed by atoms with Crippen molar-refractivity contribution in [2.45, 2.75) is 51.6 Å². The maximum Gasteiger partial charge on any atom is 0.243 e. The van der Waals surface area contributed by atoms with E-state index in [-0.39, 0.29) is 23.6 Å². The van der Waals surface area contributed by atoms with Gasteiger partial charge in [-0.2, -0.15) is 0 Å². The van der Waals surface area contributed by atoms with Crippen molar-refractivity contribution in [3.8, 4) is 5.75 Å². The Balaban J connectivity index is 2.15. The van der Waals surface area contributed by atoms with E-state index in [1.54, 1.807) is 12.0 Å². The highest BCUT2D eigenvalue weighted by Gasteiger charge is 2.28. The Hall–Kier alpha value is -2.18. The van der Waals surface area contributed by atoms with Crippen LogP contribution < -0.4 is 10.1 Å². The largest absolute Gasteiger partial charge is 0.497 e. The molecule has 0 aromatic heterocycles. The molecule has 2 aromatic carbocycles. The highest BCUT2D eigenvalue weighted by atomic mass is 35.5. The first-order valence-electron chi connectivity index (χ1n) is 10.4. The number of ether oxygens (including phenoxy) is 1. The van der Waals surface area contributed by atoms with Gasteiger partial charge < -0.3 is 15.0 Å². The Morgan fingerprint density at radius 3 is 2.48 bits per heavy atom. The number of carbonyl (C=O) groups excluding carboxylic acids is 2. The Morgan fingerprint density at radius 2 is 1.84 bits per heavy atom. The summed E-state index contributed by atoms with van der Waals surface area (Å²) in [5.74, 6) is 1.48. The summed E-state index contributed by atoms with van der Waals surface area (Å²) in [4.78, 5) is 27.7. The van der Waals surface area contributed by atoms with Crippen LogP contribution in [0, 0.1) is 0 Å². The number of halogens is 1. The number of amides is 2. The Kier molecular flexibility index (Phi) is 10.2. The molecule has 7 heteroatoms. The van der Waals surface area contributed by atoms with Gasteiger partial charge in [-0.25, -0.2) is 0 Å². The lowest BCUT2D eigenvalue weighted by Crippen LogP contribution is -2.50. The van der Waals surface area contributed by atoms with Crippen LogP contribution in [0.25, 0.3) is 0 Å². The first-order chi connectivity index (χ1) is 14.8. The van der Waals surface area contributed by atoms with E-state index in [0.717, 1.165) is 16.9 Å². The average molecular weight is 463 g/mol. The second-order valence-electron chi connectivity index (χ2n) is 7.58. The van der Waals surface area contributed by atoms with Gasteiger partial charge in [0.05, 0.1) is 12.9 Å². The number of benzene rings is 2. The summed E-state index contributed by atoms with van der Waals surface area (Å²) in [5.41, 5.74) is 1.98. The number of rotatable bonds is 11. The van der Waals surface area contributed by atoms with Crippen molar-refractivity contribution in [1.82, 2.24) is 10.2 Å². The zero-order valence-corrected chi connectivity index (χ0v) is 20.1. The molecule has 0 saturated heterocycles. The van der Waals surface area contributed by atoms with Crippen LogP contribution in [0.3, 0.4) is 0 Å². The van der Waals surface area contributed by atoms with Gasteiger partial charge in [-0.05, 0) is 55.7 Å². The van der Waals surface area contributed by atoms with Crippen molar-refractivity contribution in [3.05, 3.63) is 64.7 Å². The second kappa shape index (κ2) is 12.6. The molecule has 168 valence electrons. The summed E-state index contributed by atoms with van der Waals surface area (Å²) in [6.45, 7) is 6.10. The third-order valence-corrected chi connectivity index (χ3v) is 5.91. The summed E-state index contributed by atoms with van der Waals surface area (Å²) in [7, 11) is 1.61. The molecule has 0 fully saturated rings. The molecule has 0 aliphatic heterocycles. The van der Waals surface area contributed by atoms with Gasteiger partial charge in [0, 0.05) is 23.4 Å². The number of carbonyl (C=O) groups is 2. The molecule has 2 aromatic rings. The first-order valence-corrected chi connectivity index (χ1v) is 11.9. The lowest BCUT2D eigenvalue weighted by Gasteiger charge is -2.31. The molecule has 0 radical (unpaired) electrons. The molecule has 0 unspecified atom stereocenters. The molecule has 0 bridgehead atoms. The standard InChI is InChI=1S/C24H31ClN2O3S/c1-5-22(24(29)26-17(2)3)27(14-18-8-7-11-21(13-18)30-4)23(28)16-31-15-19-9-6-10-20(25)12-19/h6-13,17,22H,5,14-16H2,1-4H3,(H,26,29)/t22-/m0/s1. The van der Waals surface area contributed by atoms with E-state index in [1.165, 1.54) is 11.8 Å². The quantitative estimate of drug-likeness (QED) is 0.515. The smallest absolute Gasteiger partial charge is 0.243 e. The van der Waals surface area contributed by atoms with Gasteiger partial charge in [-0.1, -0.05) is 42.8 Å². The lowest BCUT2D eigenvalue weighted by atomic mass is 10.1. The molecule has 31 heavy (non-hydrogen) atoms. The summed E-state index contributed by atoms with van der Waals surface area (Å²) in [6, 6.07) is 14.7. The summed E-state index contributed by atoms with van der Waals surface area (Å²) in [5, 5.41) is 3.63. The van der Waals surface area contributed by atoms with Crippen molar-refractivity contribution >= 4 is 35.2 Å². The van der Waals surface area contributed by atoms with Crippen molar-refractivity contribution < 1.29 is 14.3 Å². The number of thioether (sulfide) groups is 1. The lowest BCUT2D eigenvalue weighted by molar-refractivity contribution is -0.139. The van der Waals surface area contributed by atoms with E-state index in [4.69, 9.17) is 16.3 Å². The molecule has 0 aliphatic rings. The number of hydrogen-bond acceptors (Lipinski definition) is 4. The Bertz CT molecular complexity index is 875. The zero-order chi connectivity index (χ0) is 22.8. The van der Waals surface area contributed by atoms with E-state index in [1.807, 2.05) is 69.3 Å². The molecule has 0 saturated carbocycles. The topological polar surface area (TPSA) is 58.6 Å². The van der Waals surface area contributed by atoms with Crippen LogP contribution in [-0.2, 0) is 21.9 Å². The van der Waals surface area contributed by atoms with Gasteiger partial charge in [-0.15, -0.1) is 11.8 Å². The monoisotopic (exact) mass is 462 g/mol. The van der Waals surface area contributed by atoms with Gasteiger partial charge >= 0.3 is 0 Å². The van der Waals surface area contributed by atoms with Crippen molar-refractivity contribution in [1.29, 1.82) is 0 Å². The van der Waals surface area contributed by atoms with Gasteiger partial charge in [-0.3, -0.25) is 9.59 Å². The molecule has 2 amide bonds. The Morgan fingerprint density at radius 1 is 1.13 bits per heavy atom. The fourth-order valence-corrected chi connectivity index (χ4v) is 4.30. The minimum absolute atomic E-state index is 0.00697. The van der Waals surface area contributed by atoms with Crippen LogP contribution in [0.4, 0.5) is 0 Å². The van der Waals surface area contributed by atoms with E-state index >= 15 is 0 Å². The predicted molar refractivity (Wildman–Crippen MR) is 129 cm³/mol. The Labute approximate surface area is 194 Å². The molecule has 1 atom stereocenters. The van der Waals surface area contributed by atoms with E-state index in [9.17, 15) is 9.59 Å². The van der Waals surface area contributed by atoms with Crippen molar-refractivity contribution in [2.75, 3.05) is 12.9 Å². The van der Waals surface area contributed by atoms with Crippen LogP contribution in [0.15, 0.2) is 48.5 Å². The summed E-state index contributed by atoms with van der Waals surface area (Å²) < 4.78 is 5.31. The van der Waals surface area contributed by atoms with Crippen LogP contribution in [-0.4, -0.2) is 41.7 Å². The van der Waals surface area contributed by atoms with Crippen LogP contribution in [0.1, 0.15) is 38.3 Å². The van der Waals surface area contributed by atoms with Gasteiger partial charge in [0.15, 0.2) is 0 Å². The SMILES string of the molecule is CC[C@@H](C(=O)NC(C)C)N(Cc1cccc(OC)c1)C(=O)CSCc1cccc(Cl)c1. The third-order valence-electron chi connectivity index (χ3n) is 4.69. The van der Waals surface area contributed by atoms with Gasteiger partial charge in [0.2, 0.25) is 11.8 Å². The average Bonchev–Trinajstić information content (AvgIpc) is 2.73. The second-order valence-corrected chi connectivity index (χ2v) is 9.01. The molecule has 2 rings (SSSR count). The summed E-state index contributed by atoms with van der Waals surface area (Å²) >= 11 is 7.57. The van der Waals surface area contributed by atoms with Gasteiger partial charge in [0.1, 0.15) is 11.8 Å². The summed E-state index contributed by atoms with van der Waals surface area (Å²) in [6.07, 6.45) is 0.535. The molecule has 0 aliphatic carbocycles. The highest BCUT2D eigenvalue weighted by Crippen LogP contribution is 2.20. The first kappa shape index (κ1) is 25.1. The fraction of sp³-hybridized carbons (Fsp3) is 0.417. The number of hydrogen-bond donors (Lipinski definition) is 1. The van der Waals surface area contributed by atoms with Crippen LogP contribution in [0.2, 0.25) is 5.02 Å². The molecular formula is C24H31ClN2O3S. The molecule has 0 spiro atoms. The molecular weight excluding hydrogens is 432 g/mol. The van der Waals surface area contributed by atoms with Crippen LogP contribution >= 0.6 is 23.4 Å². The van der Waals surface area contributed by atoms with Crippen molar-refractivity contribution in [2.24, 2.45) is 0 Å². The van der Waals surface area contributed by atoms with Crippen molar-refractivity contribution in [3.63, 3.8) is 0 Å². The maximum atomic E-state index is 13.2. The van der Waals surface area contributed by atoms with E-state index in [0.29, 0.717) is 23.7 Å². The number of nitrogens with zero attached hydrogens (tertiary/aromatic N) is 1. The van der Waals surface area contributed by atoms with Gasteiger partial charge in [0.25, 0.3) is 0 Å². The fourth-order valence-electron chi connectivity index (χ4n) is 3.23. The predicted octanol–water partition coefficient (Wildman–Crippen LogP) is 4.91. The van der Waals surface area contributed by atoms with E-state index < -0.39 is 6.04 Å². The molecule has 0 heterocycles. The molecule has 1 N–H and O–H groups in total. The number of nitrogens with one attached hydrogen (secondary N) is 1. The molecule has 5 nitrogen and oxygen atoms in total. The minimum Gasteiger partial charge on any atom is -0.497 e. The normalized spacial score (nSPS) is 11.8. The third kappa shape index (κ3) is 8.11. The highest BCUT2D eigenvalue weighted by molar-refractivity contribution is 7.99. The number of methoxy groups -OCH3 is 1. The maximum absolute atomic E-state index is 13.2. The minimum atomic E-state index is -0.534. The zero-order valence-electron chi connectivity index (χ0n) is 18.6. The van der Waals surface area contributed by atoms with Crippen LogP contribution in [0.5, 0.6) is 5.75 Å².